The van der Waals surface area contributed by atoms with Crippen LogP contribution in [0.2, 0.25) is 0 Å². The number of carbonyl (C=O) groups excluding carboxylic acids is 2. The number of hydrogen-bond acceptors (Lipinski definition) is 4. The number of aromatic nitrogens is 1. The molecule has 4 fully saturated rings. The lowest BCUT2D eigenvalue weighted by Gasteiger charge is -2.52. The third-order valence-electron chi connectivity index (χ3n) is 7.79. The zero-order chi connectivity index (χ0) is 20.5. The fraction of sp³-hybridized carbons (Fsp3) is 0.708. The third-order valence-corrected chi connectivity index (χ3v) is 7.79. The highest BCUT2D eigenvalue weighted by Crippen LogP contribution is 2.39. The molecule has 0 spiro atoms. The van der Waals surface area contributed by atoms with E-state index in [0.29, 0.717) is 41.7 Å². The number of nitrogens with zero attached hydrogens (tertiary/aromatic N) is 3. The van der Waals surface area contributed by atoms with Gasteiger partial charge in [-0.2, -0.15) is 0 Å². The highest BCUT2D eigenvalue weighted by molar-refractivity contribution is 5.98. The summed E-state index contributed by atoms with van der Waals surface area (Å²) < 4.78 is 0. The van der Waals surface area contributed by atoms with E-state index in [0.717, 1.165) is 44.8 Å². The largest absolute Gasteiger partial charge is 0.355 e. The first-order chi connectivity index (χ1) is 14.7. The smallest absolute Gasteiger partial charge is 0.255 e. The van der Waals surface area contributed by atoms with Gasteiger partial charge >= 0.3 is 0 Å². The lowest BCUT2D eigenvalue weighted by molar-refractivity contribution is -0.142. The number of anilines is 1. The van der Waals surface area contributed by atoms with Crippen LogP contribution in [-0.4, -0.2) is 53.9 Å². The summed E-state index contributed by atoms with van der Waals surface area (Å²) in [5, 5.41) is 3.19. The van der Waals surface area contributed by atoms with Crippen molar-refractivity contribution in [3.63, 3.8) is 0 Å². The van der Waals surface area contributed by atoms with Gasteiger partial charge in [-0.15, -0.1) is 0 Å². The van der Waals surface area contributed by atoms with Gasteiger partial charge in [-0.3, -0.25) is 9.59 Å². The van der Waals surface area contributed by atoms with Gasteiger partial charge in [0.25, 0.3) is 5.91 Å². The Bertz CT molecular complexity index is 791. The summed E-state index contributed by atoms with van der Waals surface area (Å²) in [7, 11) is 0. The highest BCUT2D eigenvalue weighted by atomic mass is 16.2. The fourth-order valence-electron chi connectivity index (χ4n) is 6.33. The summed E-state index contributed by atoms with van der Waals surface area (Å²) in [5.41, 5.74) is 0.699. The van der Waals surface area contributed by atoms with Crippen molar-refractivity contribution in [2.75, 3.05) is 31.1 Å². The monoisotopic (exact) mass is 410 g/mol. The first-order valence-corrected chi connectivity index (χ1v) is 12.0. The minimum Gasteiger partial charge on any atom is -0.355 e. The van der Waals surface area contributed by atoms with Gasteiger partial charge in [-0.25, -0.2) is 4.98 Å². The second-order valence-electron chi connectivity index (χ2n) is 9.86. The molecule has 1 aliphatic carbocycles. The van der Waals surface area contributed by atoms with Gasteiger partial charge in [-0.05, 0) is 62.0 Å². The number of piperidine rings is 3. The molecule has 4 aliphatic rings. The highest BCUT2D eigenvalue weighted by Gasteiger charge is 2.44. The van der Waals surface area contributed by atoms with Gasteiger partial charge in [0.2, 0.25) is 5.91 Å². The van der Waals surface area contributed by atoms with Gasteiger partial charge in [-0.1, -0.05) is 19.3 Å². The summed E-state index contributed by atoms with van der Waals surface area (Å²) in [4.78, 5) is 34.6. The molecule has 1 aromatic heterocycles. The molecule has 0 radical (unpaired) electrons. The zero-order valence-electron chi connectivity index (χ0n) is 17.9. The third kappa shape index (κ3) is 3.93. The van der Waals surface area contributed by atoms with E-state index in [2.05, 4.69) is 20.1 Å². The van der Waals surface area contributed by atoms with Gasteiger partial charge in [0.1, 0.15) is 5.82 Å². The van der Waals surface area contributed by atoms with Crippen molar-refractivity contribution in [1.82, 2.24) is 15.2 Å². The zero-order valence-corrected chi connectivity index (χ0v) is 17.9. The van der Waals surface area contributed by atoms with E-state index in [1.54, 1.807) is 6.20 Å². The number of amides is 2. The number of carbonyl (C=O) groups is 2. The van der Waals surface area contributed by atoms with Crippen molar-refractivity contribution in [3.8, 4) is 0 Å². The van der Waals surface area contributed by atoms with Crippen molar-refractivity contribution in [3.05, 3.63) is 23.9 Å². The minimum atomic E-state index is 0.00822. The van der Waals surface area contributed by atoms with Crippen molar-refractivity contribution >= 4 is 17.6 Å². The van der Waals surface area contributed by atoms with Crippen LogP contribution in [-0.2, 0) is 4.79 Å². The summed E-state index contributed by atoms with van der Waals surface area (Å²) in [5.74, 6) is 2.75. The van der Waals surface area contributed by atoms with Crippen LogP contribution in [0.25, 0.3) is 0 Å². The quantitative estimate of drug-likeness (QED) is 0.828. The number of fused-ring (bicyclic) bond motifs is 4. The molecular weight excluding hydrogens is 376 g/mol. The maximum atomic E-state index is 13.0. The first kappa shape index (κ1) is 19.8. The topological polar surface area (TPSA) is 65.5 Å². The molecule has 5 rings (SSSR count). The molecule has 2 bridgehead atoms. The Hall–Kier alpha value is -2.11. The normalized spacial score (nSPS) is 29.5. The van der Waals surface area contributed by atoms with Crippen molar-refractivity contribution in [2.45, 2.75) is 63.8 Å². The van der Waals surface area contributed by atoms with E-state index in [1.165, 1.54) is 38.5 Å². The van der Waals surface area contributed by atoms with Crippen LogP contribution in [0.1, 0.15) is 68.1 Å². The molecule has 1 aromatic rings. The van der Waals surface area contributed by atoms with E-state index in [1.807, 2.05) is 12.1 Å². The van der Waals surface area contributed by atoms with Crippen LogP contribution in [0.15, 0.2) is 18.3 Å². The standard InChI is InChI=1S/C24H34N4O2/c29-22-10-4-9-21-19-12-18(15-28(21)22)14-27(16-19)23-20(8-5-11-25-23)24(30)26-13-17-6-2-1-3-7-17/h5,8,11,17-19,21H,1-4,6-7,9-10,12-16H2,(H,26,30)/t18-,19-,21-/m1/s1. The Balaban J connectivity index is 1.29. The lowest BCUT2D eigenvalue weighted by atomic mass is 9.76. The molecule has 2 amide bonds. The maximum absolute atomic E-state index is 13.0. The molecular formula is C24H34N4O2. The molecule has 6 heteroatoms. The van der Waals surface area contributed by atoms with Crippen molar-refractivity contribution in [1.29, 1.82) is 0 Å². The number of rotatable bonds is 4. The number of hydrogen-bond donors (Lipinski definition) is 1. The SMILES string of the molecule is O=C(NCC1CCCCC1)c1cccnc1N1C[C@H]2C[C@H](C1)[C@H]1CCCC(=O)N1C2. The molecule has 1 N–H and O–H groups in total. The van der Waals surface area contributed by atoms with Gasteiger partial charge < -0.3 is 15.1 Å². The lowest BCUT2D eigenvalue weighted by Crippen LogP contribution is -2.60. The second-order valence-corrected chi connectivity index (χ2v) is 9.86. The van der Waals surface area contributed by atoms with Crippen molar-refractivity contribution in [2.24, 2.45) is 17.8 Å². The molecule has 1 saturated carbocycles. The Labute approximate surface area is 179 Å². The molecule has 0 unspecified atom stereocenters. The van der Waals surface area contributed by atoms with Crippen molar-refractivity contribution < 1.29 is 9.59 Å². The van der Waals surface area contributed by atoms with E-state index in [-0.39, 0.29) is 5.91 Å². The van der Waals surface area contributed by atoms with Crippen LogP contribution in [0, 0.1) is 17.8 Å². The fourth-order valence-corrected chi connectivity index (χ4v) is 6.33. The predicted octanol–water partition coefficient (Wildman–Crippen LogP) is 3.23. The molecule has 30 heavy (non-hydrogen) atoms. The summed E-state index contributed by atoms with van der Waals surface area (Å²) >= 11 is 0. The molecule has 3 saturated heterocycles. The maximum Gasteiger partial charge on any atom is 0.255 e. The van der Waals surface area contributed by atoms with E-state index in [4.69, 9.17) is 0 Å². The summed E-state index contributed by atoms with van der Waals surface area (Å²) in [6, 6.07) is 4.16. The van der Waals surface area contributed by atoms with E-state index in [9.17, 15) is 9.59 Å². The van der Waals surface area contributed by atoms with Crippen LogP contribution in [0.4, 0.5) is 5.82 Å². The average Bonchev–Trinajstić information content (AvgIpc) is 2.79. The Kier molecular flexibility index (Phi) is 5.66. The summed E-state index contributed by atoms with van der Waals surface area (Å²) in [6.45, 7) is 3.42. The van der Waals surface area contributed by atoms with E-state index >= 15 is 0 Å². The van der Waals surface area contributed by atoms with Gasteiger partial charge in [0.05, 0.1) is 5.56 Å². The van der Waals surface area contributed by atoms with Gasteiger partial charge in [0.15, 0.2) is 0 Å². The molecule has 6 nitrogen and oxygen atoms in total. The van der Waals surface area contributed by atoms with Crippen LogP contribution < -0.4 is 10.2 Å². The molecule has 0 aromatic carbocycles. The minimum absolute atomic E-state index is 0.00822. The van der Waals surface area contributed by atoms with E-state index < -0.39 is 0 Å². The number of nitrogens with one attached hydrogen (secondary N) is 1. The second kappa shape index (κ2) is 8.56. The summed E-state index contributed by atoms with van der Waals surface area (Å²) in [6.07, 6.45) is 12.2. The Morgan fingerprint density at radius 1 is 1.10 bits per heavy atom. The molecule has 3 atom stereocenters. The van der Waals surface area contributed by atoms with Crippen LogP contribution in [0.3, 0.4) is 0 Å². The molecule has 4 heterocycles. The molecule has 162 valence electrons. The Morgan fingerprint density at radius 2 is 1.97 bits per heavy atom. The molecule has 3 aliphatic heterocycles. The van der Waals surface area contributed by atoms with Crippen LogP contribution >= 0.6 is 0 Å². The number of pyridine rings is 1. The average molecular weight is 411 g/mol. The predicted molar refractivity (Wildman–Crippen MR) is 116 cm³/mol. The van der Waals surface area contributed by atoms with Gasteiger partial charge in [0, 0.05) is 44.8 Å². The van der Waals surface area contributed by atoms with Crippen LogP contribution in [0.5, 0.6) is 0 Å². The first-order valence-electron chi connectivity index (χ1n) is 12.0. The Morgan fingerprint density at radius 3 is 2.83 bits per heavy atom.